The Morgan fingerprint density at radius 3 is 2.50 bits per heavy atom. The van der Waals surface area contributed by atoms with E-state index < -0.39 is 0 Å². The molecule has 0 aliphatic rings. The molecule has 2 aromatic carbocycles. The maximum atomic E-state index is 6.10. The van der Waals surface area contributed by atoms with Crippen LogP contribution in [-0.4, -0.2) is 13.2 Å². The monoisotopic (exact) mass is 337 g/mol. The van der Waals surface area contributed by atoms with Crippen molar-refractivity contribution in [2.24, 2.45) is 5.73 Å². The average Bonchev–Trinajstić information content (AvgIpc) is 2.50. The van der Waals surface area contributed by atoms with E-state index in [0.29, 0.717) is 23.2 Å². The molecule has 0 radical (unpaired) electrons. The normalized spacial score (nSPS) is 12.2. The van der Waals surface area contributed by atoms with Crippen molar-refractivity contribution in [2.45, 2.75) is 26.2 Å². The first kappa shape index (κ1) is 17.1. The van der Waals surface area contributed by atoms with E-state index in [2.05, 4.69) is 19.1 Å². The highest BCUT2D eigenvalue weighted by molar-refractivity contribution is 6.42. The number of aryl methyl sites for hydroxylation is 1. The number of hydrogen-bond acceptors (Lipinski definition) is 2. The van der Waals surface area contributed by atoms with Crippen molar-refractivity contribution in [3.05, 3.63) is 63.1 Å². The fourth-order valence-electron chi connectivity index (χ4n) is 2.55. The Labute approximate surface area is 142 Å². The van der Waals surface area contributed by atoms with Gasteiger partial charge in [0, 0.05) is 5.92 Å². The van der Waals surface area contributed by atoms with Crippen LogP contribution in [0.25, 0.3) is 0 Å². The number of hydrogen-bond donors (Lipinski definition) is 1. The zero-order valence-electron chi connectivity index (χ0n) is 12.9. The van der Waals surface area contributed by atoms with Gasteiger partial charge in [0.25, 0.3) is 0 Å². The minimum absolute atomic E-state index is 0.179. The zero-order valence-corrected chi connectivity index (χ0v) is 14.4. The van der Waals surface area contributed by atoms with Crippen LogP contribution in [0.1, 0.15) is 29.5 Å². The topological polar surface area (TPSA) is 35.2 Å². The van der Waals surface area contributed by atoms with Gasteiger partial charge in [-0.15, -0.1) is 0 Å². The van der Waals surface area contributed by atoms with Gasteiger partial charge < -0.3 is 10.5 Å². The van der Waals surface area contributed by atoms with E-state index in [0.717, 1.165) is 23.3 Å². The van der Waals surface area contributed by atoms with Gasteiger partial charge in [-0.25, -0.2) is 0 Å². The lowest BCUT2D eigenvalue weighted by molar-refractivity contribution is 0.334. The molecule has 2 nitrogen and oxygen atoms in total. The molecular formula is C18H21Cl2NO. The SMILES string of the molecule is CCOc1ccc(C)cc1C(CN)Cc1ccc(Cl)c(Cl)c1. The molecule has 0 heterocycles. The van der Waals surface area contributed by atoms with Gasteiger partial charge in [-0.1, -0.05) is 47.0 Å². The first-order valence-corrected chi connectivity index (χ1v) is 8.18. The van der Waals surface area contributed by atoms with Crippen LogP contribution in [-0.2, 0) is 6.42 Å². The molecule has 118 valence electrons. The minimum atomic E-state index is 0.179. The Morgan fingerprint density at radius 2 is 1.86 bits per heavy atom. The highest BCUT2D eigenvalue weighted by atomic mass is 35.5. The number of benzene rings is 2. The molecule has 0 fully saturated rings. The van der Waals surface area contributed by atoms with E-state index in [1.807, 2.05) is 31.2 Å². The van der Waals surface area contributed by atoms with Crippen LogP contribution in [0, 0.1) is 6.92 Å². The third-order valence-electron chi connectivity index (χ3n) is 3.66. The summed E-state index contributed by atoms with van der Waals surface area (Å²) in [7, 11) is 0. The lowest BCUT2D eigenvalue weighted by atomic mass is 9.90. The Hall–Kier alpha value is -1.22. The molecule has 1 atom stereocenters. The molecule has 1 unspecified atom stereocenters. The molecule has 2 aromatic rings. The fourth-order valence-corrected chi connectivity index (χ4v) is 2.87. The first-order chi connectivity index (χ1) is 10.5. The predicted molar refractivity (Wildman–Crippen MR) is 94.3 cm³/mol. The molecule has 4 heteroatoms. The third kappa shape index (κ3) is 4.16. The molecular weight excluding hydrogens is 317 g/mol. The fraction of sp³-hybridized carbons (Fsp3) is 0.333. The summed E-state index contributed by atoms with van der Waals surface area (Å²) in [6.45, 7) is 5.25. The maximum absolute atomic E-state index is 6.10. The summed E-state index contributed by atoms with van der Waals surface area (Å²) < 4.78 is 5.75. The molecule has 2 rings (SSSR count). The van der Waals surface area contributed by atoms with Crippen molar-refractivity contribution in [3.63, 3.8) is 0 Å². The molecule has 22 heavy (non-hydrogen) atoms. The van der Waals surface area contributed by atoms with E-state index in [-0.39, 0.29) is 5.92 Å². The summed E-state index contributed by atoms with van der Waals surface area (Å²) in [5, 5.41) is 1.14. The molecule has 0 aliphatic carbocycles. The highest BCUT2D eigenvalue weighted by Gasteiger charge is 2.16. The van der Waals surface area contributed by atoms with E-state index >= 15 is 0 Å². The smallest absolute Gasteiger partial charge is 0.122 e. The first-order valence-electron chi connectivity index (χ1n) is 7.42. The number of halogens is 2. The highest BCUT2D eigenvalue weighted by Crippen LogP contribution is 2.31. The van der Waals surface area contributed by atoms with Crippen LogP contribution in [0.2, 0.25) is 10.0 Å². The minimum Gasteiger partial charge on any atom is -0.494 e. The van der Waals surface area contributed by atoms with Crippen molar-refractivity contribution in [2.75, 3.05) is 13.2 Å². The summed E-state index contributed by atoms with van der Waals surface area (Å²) in [5.74, 6) is 1.09. The third-order valence-corrected chi connectivity index (χ3v) is 4.39. The molecule has 0 spiro atoms. The Kier molecular flexibility index (Phi) is 6.13. The number of ether oxygens (including phenoxy) is 1. The van der Waals surface area contributed by atoms with E-state index in [1.54, 1.807) is 0 Å². The van der Waals surface area contributed by atoms with Crippen LogP contribution in [0.5, 0.6) is 5.75 Å². The lowest BCUT2D eigenvalue weighted by Crippen LogP contribution is -2.16. The van der Waals surface area contributed by atoms with Crippen LogP contribution in [0.15, 0.2) is 36.4 Å². The van der Waals surface area contributed by atoms with E-state index in [1.165, 1.54) is 5.56 Å². The average molecular weight is 338 g/mol. The van der Waals surface area contributed by atoms with Crippen LogP contribution < -0.4 is 10.5 Å². The number of nitrogens with two attached hydrogens (primary N) is 1. The molecule has 0 aromatic heterocycles. The standard InChI is InChI=1S/C18H21Cl2NO/c1-3-22-18-7-4-12(2)8-15(18)14(11-21)9-13-5-6-16(19)17(20)10-13/h4-8,10,14H,3,9,11,21H2,1-2H3. The Morgan fingerprint density at radius 1 is 1.09 bits per heavy atom. The summed E-state index contributed by atoms with van der Waals surface area (Å²) in [6.07, 6.45) is 0.802. The van der Waals surface area contributed by atoms with Crippen LogP contribution in [0.4, 0.5) is 0 Å². The molecule has 0 aliphatic heterocycles. The van der Waals surface area contributed by atoms with Crippen LogP contribution >= 0.6 is 23.2 Å². The molecule has 2 N–H and O–H groups in total. The Bertz CT molecular complexity index is 643. The van der Waals surface area contributed by atoms with Crippen LogP contribution in [0.3, 0.4) is 0 Å². The van der Waals surface area contributed by atoms with Gasteiger partial charge in [0.1, 0.15) is 5.75 Å². The summed E-state index contributed by atoms with van der Waals surface area (Å²) in [5.41, 5.74) is 9.49. The summed E-state index contributed by atoms with van der Waals surface area (Å²) >= 11 is 12.1. The van der Waals surface area contributed by atoms with Gasteiger partial charge in [-0.05, 0) is 56.1 Å². The van der Waals surface area contributed by atoms with Crippen molar-refractivity contribution < 1.29 is 4.74 Å². The van der Waals surface area contributed by atoms with E-state index in [4.69, 9.17) is 33.7 Å². The largest absolute Gasteiger partial charge is 0.494 e. The molecule has 0 saturated carbocycles. The summed E-state index contributed by atoms with van der Waals surface area (Å²) in [4.78, 5) is 0. The molecule has 0 bridgehead atoms. The van der Waals surface area contributed by atoms with Gasteiger partial charge in [0.05, 0.1) is 16.7 Å². The van der Waals surface area contributed by atoms with Crippen molar-refractivity contribution >= 4 is 23.2 Å². The lowest BCUT2D eigenvalue weighted by Gasteiger charge is -2.20. The molecule has 0 saturated heterocycles. The van der Waals surface area contributed by atoms with Gasteiger partial charge in [-0.2, -0.15) is 0 Å². The second kappa shape index (κ2) is 7.87. The van der Waals surface area contributed by atoms with Gasteiger partial charge in [-0.3, -0.25) is 0 Å². The van der Waals surface area contributed by atoms with E-state index in [9.17, 15) is 0 Å². The van der Waals surface area contributed by atoms with Crippen molar-refractivity contribution in [1.82, 2.24) is 0 Å². The van der Waals surface area contributed by atoms with Gasteiger partial charge in [0.15, 0.2) is 0 Å². The van der Waals surface area contributed by atoms with Crippen molar-refractivity contribution in [1.29, 1.82) is 0 Å². The summed E-state index contributed by atoms with van der Waals surface area (Å²) in [6, 6.07) is 12.0. The second-order valence-corrected chi connectivity index (χ2v) is 6.17. The quantitative estimate of drug-likeness (QED) is 0.806. The Balaban J connectivity index is 2.31. The second-order valence-electron chi connectivity index (χ2n) is 5.36. The van der Waals surface area contributed by atoms with Gasteiger partial charge in [0.2, 0.25) is 0 Å². The zero-order chi connectivity index (χ0) is 16.1. The predicted octanol–water partition coefficient (Wildman–Crippen LogP) is 4.99. The molecule has 0 amide bonds. The maximum Gasteiger partial charge on any atom is 0.122 e. The van der Waals surface area contributed by atoms with Gasteiger partial charge >= 0.3 is 0 Å². The number of rotatable bonds is 6. The van der Waals surface area contributed by atoms with Crippen molar-refractivity contribution in [3.8, 4) is 5.75 Å².